The number of nitrogens with one attached hydrogen (secondary N) is 1. The molecular formula is C21H23F2N9O11P2. The Kier molecular flexibility index (Phi) is 7.28. The summed E-state index contributed by atoms with van der Waals surface area (Å²) in [6.45, 7) is -1.87. The molecule has 10 atom stereocenters. The van der Waals surface area contributed by atoms with Crippen molar-refractivity contribution >= 4 is 49.6 Å². The van der Waals surface area contributed by atoms with E-state index < -0.39 is 83.6 Å². The molecular weight excluding hydrogens is 654 g/mol. The summed E-state index contributed by atoms with van der Waals surface area (Å²) in [7, 11) is -10.3. The number of aromatic nitrogens is 7. The van der Waals surface area contributed by atoms with E-state index in [1.54, 1.807) is 0 Å². The van der Waals surface area contributed by atoms with Gasteiger partial charge in [0.25, 0.3) is 5.56 Å². The maximum atomic E-state index is 15.9. The number of H-pyrrole nitrogens is 1. The third kappa shape index (κ3) is 5.31. The number of nitrogen functional groups attached to an aromatic ring is 2. The zero-order valence-electron chi connectivity index (χ0n) is 22.4. The minimum Gasteiger partial charge on any atom is -0.397 e. The van der Waals surface area contributed by atoms with E-state index in [1.165, 1.54) is 18.6 Å². The Balaban J connectivity index is 1.17. The van der Waals surface area contributed by atoms with Gasteiger partial charge in [0.15, 0.2) is 41.6 Å². The maximum absolute atomic E-state index is 15.9. The molecule has 242 valence electrons. The van der Waals surface area contributed by atoms with Crippen molar-refractivity contribution in [1.29, 1.82) is 0 Å². The summed E-state index contributed by atoms with van der Waals surface area (Å²) in [6, 6.07) is 1.47. The highest BCUT2D eigenvalue weighted by atomic mass is 31.2. The molecule has 3 fully saturated rings. The Morgan fingerprint density at radius 2 is 1.40 bits per heavy atom. The summed E-state index contributed by atoms with van der Waals surface area (Å²) in [6.07, 6.45) is -11.3. The molecule has 0 saturated carbocycles. The summed E-state index contributed by atoms with van der Waals surface area (Å²) in [5.41, 5.74) is 10.9. The molecule has 6 unspecified atom stereocenters. The maximum Gasteiger partial charge on any atom is 0.472 e. The number of halogens is 2. The van der Waals surface area contributed by atoms with Gasteiger partial charge in [-0.1, -0.05) is 0 Å². The molecule has 7 heterocycles. The Morgan fingerprint density at radius 3 is 1.98 bits per heavy atom. The van der Waals surface area contributed by atoms with E-state index in [1.807, 2.05) is 0 Å². The zero-order valence-corrected chi connectivity index (χ0v) is 24.2. The van der Waals surface area contributed by atoms with Gasteiger partial charge in [0, 0.05) is 6.20 Å². The van der Waals surface area contributed by atoms with E-state index in [9.17, 15) is 23.7 Å². The second-order valence-electron chi connectivity index (χ2n) is 10.2. The van der Waals surface area contributed by atoms with Crippen LogP contribution in [0, 0.1) is 0 Å². The molecule has 3 aliphatic heterocycles. The van der Waals surface area contributed by atoms with Crippen molar-refractivity contribution in [3.8, 4) is 0 Å². The van der Waals surface area contributed by atoms with Gasteiger partial charge < -0.3 is 30.7 Å². The average molecular weight is 677 g/mol. The predicted molar refractivity (Wildman–Crippen MR) is 143 cm³/mol. The number of fused-ring (bicyclic) bond motifs is 4. The number of imidazole rings is 2. The molecule has 0 amide bonds. The Bertz CT molecular complexity index is 1940. The summed E-state index contributed by atoms with van der Waals surface area (Å²) in [5, 5.41) is 0. The minimum atomic E-state index is -5.17. The number of nitrogens with zero attached hydrogens (tertiary/aromatic N) is 6. The molecule has 0 aromatic carbocycles. The third-order valence-corrected chi connectivity index (χ3v) is 9.31. The van der Waals surface area contributed by atoms with Crippen LogP contribution in [0.5, 0.6) is 0 Å². The van der Waals surface area contributed by atoms with Gasteiger partial charge in [0.1, 0.15) is 29.9 Å². The van der Waals surface area contributed by atoms with Gasteiger partial charge in [-0.15, -0.1) is 0 Å². The van der Waals surface area contributed by atoms with Crippen LogP contribution in [-0.2, 0) is 36.7 Å². The van der Waals surface area contributed by atoms with Gasteiger partial charge in [-0.3, -0.25) is 37.0 Å². The third-order valence-electron chi connectivity index (χ3n) is 7.34. The minimum absolute atomic E-state index is 0.113. The highest BCUT2D eigenvalue weighted by Crippen LogP contribution is 2.54. The van der Waals surface area contributed by atoms with Crippen molar-refractivity contribution in [3.63, 3.8) is 0 Å². The highest BCUT2D eigenvalue weighted by molar-refractivity contribution is 7.47. The highest BCUT2D eigenvalue weighted by Gasteiger charge is 2.55. The number of ether oxygens (including phenoxy) is 2. The van der Waals surface area contributed by atoms with Crippen LogP contribution in [-0.4, -0.2) is 93.8 Å². The van der Waals surface area contributed by atoms with Gasteiger partial charge in [-0.2, -0.15) is 4.98 Å². The summed E-state index contributed by atoms with van der Waals surface area (Å²) in [4.78, 5) is 51.4. The van der Waals surface area contributed by atoms with E-state index in [0.717, 1.165) is 15.5 Å². The molecule has 0 radical (unpaired) electrons. The number of nitrogens with two attached hydrogens (primary N) is 2. The van der Waals surface area contributed by atoms with Gasteiger partial charge in [-0.25, -0.2) is 32.9 Å². The standard InChI is InChI=1S/C21H23F2N9O11P2/c22-10-14-8(40-19(10)31-5-27-12-7(24)1-2-26-16(12)31)3-38-45(36,37)43-15-9(4-39-44(34,35)42-14)41-20(11(15)23)32-6-28-13-17(32)29-21(25)30-18(13)33/h1-2,5-6,8-11,14-15,19-20H,3-4H2,(H2,24,26)(H,34,35)(H,36,37)(H3,25,29,30,33)/t8?,9?,10-,11-,14-,15-,19?,20?/m1/s1. The first kappa shape index (κ1) is 30.2. The normalized spacial score (nSPS) is 37.7. The van der Waals surface area contributed by atoms with Crippen LogP contribution >= 0.6 is 15.6 Å². The number of hydrogen-bond donors (Lipinski definition) is 5. The average Bonchev–Trinajstić information content (AvgIpc) is 3.72. The monoisotopic (exact) mass is 677 g/mol. The van der Waals surface area contributed by atoms with E-state index in [2.05, 4.69) is 24.9 Å². The second-order valence-corrected chi connectivity index (χ2v) is 13.0. The number of aromatic amines is 1. The van der Waals surface area contributed by atoms with Crippen LogP contribution in [0.3, 0.4) is 0 Å². The lowest BCUT2D eigenvalue weighted by Crippen LogP contribution is -2.37. The van der Waals surface area contributed by atoms with Crippen molar-refractivity contribution in [2.24, 2.45) is 0 Å². The molecule has 0 bridgehead atoms. The Morgan fingerprint density at radius 1 is 0.867 bits per heavy atom. The summed E-state index contributed by atoms with van der Waals surface area (Å²) in [5.74, 6) is -0.317. The molecule has 24 heteroatoms. The van der Waals surface area contributed by atoms with Gasteiger partial charge in [-0.05, 0) is 6.07 Å². The Labute approximate surface area is 248 Å². The number of phosphoric ester groups is 2. The number of anilines is 2. The fraction of sp³-hybridized carbons (Fsp3) is 0.476. The van der Waals surface area contributed by atoms with Gasteiger partial charge in [0.2, 0.25) is 5.95 Å². The number of hydrogen-bond acceptors (Lipinski definition) is 15. The first-order valence-electron chi connectivity index (χ1n) is 13.0. The molecule has 3 aliphatic rings. The van der Waals surface area contributed by atoms with E-state index in [4.69, 9.17) is 39.0 Å². The zero-order chi connectivity index (χ0) is 31.8. The topological polar surface area (TPSA) is 276 Å². The first-order valence-corrected chi connectivity index (χ1v) is 16.0. The number of rotatable bonds is 2. The SMILES string of the molecule is Nc1nc2c(ncn2C2OC3COP(=O)(O)O[C@@H]4C(COP(=O)(O)O[C@H]3[C@H]2F)OC(n2cnc3c(N)ccnc32)[C@@H]4F)c(=O)[nH]1. The Hall–Kier alpha value is -3.43. The molecule has 0 spiro atoms. The van der Waals surface area contributed by atoms with Gasteiger partial charge in [0.05, 0.1) is 31.6 Å². The van der Waals surface area contributed by atoms with Crippen molar-refractivity contribution < 1.29 is 55.3 Å². The molecule has 7 N–H and O–H groups in total. The second kappa shape index (κ2) is 10.8. The van der Waals surface area contributed by atoms with E-state index in [0.29, 0.717) is 0 Å². The van der Waals surface area contributed by atoms with Crippen LogP contribution in [0.15, 0.2) is 29.7 Å². The smallest absolute Gasteiger partial charge is 0.397 e. The quantitative estimate of drug-likeness (QED) is 0.177. The van der Waals surface area contributed by atoms with E-state index in [-0.39, 0.29) is 34.0 Å². The number of alkyl halides is 2. The fourth-order valence-electron chi connectivity index (χ4n) is 5.33. The fourth-order valence-corrected chi connectivity index (χ4v) is 7.24. The lowest BCUT2D eigenvalue weighted by atomic mass is 10.1. The molecule has 3 saturated heterocycles. The van der Waals surface area contributed by atoms with Crippen LogP contribution in [0.1, 0.15) is 12.5 Å². The summed E-state index contributed by atoms with van der Waals surface area (Å²) >= 11 is 0. The molecule has 7 rings (SSSR count). The van der Waals surface area contributed by atoms with Crippen LogP contribution < -0.4 is 17.0 Å². The number of phosphoric acid groups is 2. The predicted octanol–water partition coefficient (Wildman–Crippen LogP) is 0.218. The van der Waals surface area contributed by atoms with Crippen molar-refractivity contribution in [2.45, 2.75) is 49.2 Å². The lowest BCUT2D eigenvalue weighted by molar-refractivity contribution is -0.0662. The first-order chi connectivity index (χ1) is 21.3. The van der Waals surface area contributed by atoms with Crippen LogP contribution in [0.4, 0.5) is 20.4 Å². The number of pyridine rings is 1. The lowest BCUT2D eigenvalue weighted by Gasteiger charge is -2.27. The molecule has 0 aliphatic carbocycles. The van der Waals surface area contributed by atoms with Crippen molar-refractivity contribution in [1.82, 2.24) is 34.1 Å². The van der Waals surface area contributed by atoms with Crippen LogP contribution in [0.25, 0.3) is 22.3 Å². The van der Waals surface area contributed by atoms with Gasteiger partial charge >= 0.3 is 15.6 Å². The van der Waals surface area contributed by atoms with Crippen molar-refractivity contribution in [3.05, 3.63) is 35.3 Å². The summed E-state index contributed by atoms with van der Waals surface area (Å²) < 4.78 is 91.4. The molecule has 4 aromatic heterocycles. The largest absolute Gasteiger partial charge is 0.472 e. The van der Waals surface area contributed by atoms with Crippen LogP contribution in [0.2, 0.25) is 0 Å². The molecule has 4 aromatic rings. The molecule has 45 heavy (non-hydrogen) atoms. The van der Waals surface area contributed by atoms with E-state index >= 15 is 8.78 Å². The molecule has 20 nitrogen and oxygen atoms in total. The van der Waals surface area contributed by atoms with Crippen molar-refractivity contribution in [2.75, 3.05) is 24.7 Å².